The highest BCUT2D eigenvalue weighted by Gasteiger charge is 2.28. The van der Waals surface area contributed by atoms with Gasteiger partial charge in [-0.05, 0) is 0 Å². The Hall–Kier alpha value is -1.91. The van der Waals surface area contributed by atoms with E-state index in [1.54, 1.807) is 48.5 Å². The van der Waals surface area contributed by atoms with Gasteiger partial charge < -0.3 is 9.79 Å². The zero-order valence-corrected chi connectivity index (χ0v) is 11.2. The number of carbonyl (C=O) groups is 2. The fraction of sp³-hybridized carbons (Fsp3) is 0. The van der Waals surface area contributed by atoms with Crippen LogP contribution in [0.4, 0.5) is 0 Å². The first-order valence-electron chi connectivity index (χ1n) is 5.72. The summed E-state index contributed by atoms with van der Waals surface area (Å²) in [6.07, 6.45) is 0. The number of fused-ring (bicyclic) bond motifs is 2. The van der Waals surface area contributed by atoms with Gasteiger partial charge in [0.05, 0.1) is 0 Å². The molecule has 2 aromatic carbocycles. The first kappa shape index (κ1) is 14.5. The minimum Gasteiger partial charge on any atom is -0.338 e. The number of nitrogens with two attached hydrogens (primary N) is 1. The molecule has 0 aromatic heterocycles. The first-order chi connectivity index (χ1) is 9.52. The van der Waals surface area contributed by atoms with Crippen LogP contribution in [0.15, 0.2) is 48.5 Å². The second kappa shape index (κ2) is 6.03. The summed E-state index contributed by atoms with van der Waals surface area (Å²) >= 11 is 0. The van der Waals surface area contributed by atoms with Crippen LogP contribution in [0.25, 0.3) is 0 Å². The van der Waals surface area contributed by atoms with Crippen molar-refractivity contribution in [3.05, 3.63) is 70.8 Å². The summed E-state index contributed by atoms with van der Waals surface area (Å²) in [5.41, 5.74) is 6.31. The third-order valence-corrected chi connectivity index (χ3v) is 2.83. The number of benzene rings is 2. The minimum absolute atomic E-state index is 0.0641. The zero-order chi connectivity index (χ0) is 14.7. The molecule has 6 heteroatoms. The van der Waals surface area contributed by atoms with Crippen molar-refractivity contribution < 1.29 is 19.4 Å². The quantitative estimate of drug-likeness (QED) is 0.546. The molecular weight excluding hydrogens is 277 g/mol. The van der Waals surface area contributed by atoms with Crippen LogP contribution in [-0.2, 0) is 0 Å². The third-order valence-electron chi connectivity index (χ3n) is 2.83. The van der Waals surface area contributed by atoms with E-state index in [-0.39, 0.29) is 11.6 Å². The van der Waals surface area contributed by atoms with Crippen molar-refractivity contribution >= 4 is 20.1 Å². The van der Waals surface area contributed by atoms with Gasteiger partial charge >= 0.3 is 0 Å². The molecule has 0 amide bonds. The van der Waals surface area contributed by atoms with Crippen molar-refractivity contribution in [2.45, 2.75) is 0 Å². The van der Waals surface area contributed by atoms with Crippen LogP contribution in [0.5, 0.6) is 0 Å². The molecule has 4 N–H and O–H groups in total. The number of rotatable bonds is 0. The molecule has 3 rings (SSSR count). The number of ketones is 2. The maximum absolute atomic E-state index is 12.1. The summed E-state index contributed by atoms with van der Waals surface area (Å²) in [6.45, 7) is 0. The monoisotopic (exact) mass is 289 g/mol. The van der Waals surface area contributed by atoms with Gasteiger partial charge in [-0.15, -0.1) is 0 Å². The molecule has 0 atom stereocenters. The van der Waals surface area contributed by atoms with Crippen molar-refractivity contribution in [3.8, 4) is 0 Å². The SMILES string of the molecule is NP(O)O.O=C1c2ccccc2C(=O)c2ccccc21. The van der Waals surface area contributed by atoms with E-state index in [9.17, 15) is 9.59 Å². The van der Waals surface area contributed by atoms with Crippen molar-refractivity contribution in [2.24, 2.45) is 5.50 Å². The lowest BCUT2D eigenvalue weighted by Crippen LogP contribution is -2.20. The molecule has 1 aliphatic carbocycles. The van der Waals surface area contributed by atoms with Gasteiger partial charge in [0.25, 0.3) is 0 Å². The van der Waals surface area contributed by atoms with Crippen LogP contribution in [0, 0.1) is 0 Å². The Balaban J connectivity index is 0.000000328. The Morgan fingerprint density at radius 3 is 1.10 bits per heavy atom. The van der Waals surface area contributed by atoms with Gasteiger partial charge in [0.15, 0.2) is 11.6 Å². The standard InChI is InChI=1S/C14H8O2.H4NO2P/c15-13-9-5-1-2-6-10(9)14(16)12-8-4-3-7-11(12)13;1-4(2)3/h1-8H;2-3H,1H2. The molecule has 0 aliphatic heterocycles. The Bertz CT molecular complexity index is 561. The molecule has 0 spiro atoms. The maximum atomic E-state index is 12.1. The van der Waals surface area contributed by atoms with E-state index in [0.717, 1.165) is 0 Å². The molecule has 0 unspecified atom stereocenters. The maximum Gasteiger partial charge on any atom is 0.247 e. The Morgan fingerprint density at radius 1 is 0.700 bits per heavy atom. The lowest BCUT2D eigenvalue weighted by atomic mass is 9.84. The van der Waals surface area contributed by atoms with E-state index in [2.05, 4.69) is 5.50 Å². The lowest BCUT2D eigenvalue weighted by Gasteiger charge is -2.16. The van der Waals surface area contributed by atoms with Gasteiger partial charge in [0.2, 0.25) is 8.53 Å². The topological polar surface area (TPSA) is 101 Å². The second-order valence-electron chi connectivity index (χ2n) is 4.07. The fourth-order valence-electron chi connectivity index (χ4n) is 2.05. The molecule has 0 heterocycles. The summed E-state index contributed by atoms with van der Waals surface area (Å²) in [6, 6.07) is 13.9. The largest absolute Gasteiger partial charge is 0.338 e. The van der Waals surface area contributed by atoms with Crippen molar-refractivity contribution in [1.82, 2.24) is 0 Å². The molecule has 102 valence electrons. The average Bonchev–Trinajstić information content (AvgIpc) is 2.44. The van der Waals surface area contributed by atoms with Gasteiger partial charge in [-0.25, -0.2) is 0 Å². The zero-order valence-electron chi connectivity index (χ0n) is 10.4. The summed E-state index contributed by atoms with van der Waals surface area (Å²) in [5, 5.41) is 0. The molecule has 1 aliphatic rings. The van der Waals surface area contributed by atoms with E-state index in [1.807, 2.05) is 0 Å². The molecule has 0 saturated carbocycles. The molecule has 0 saturated heterocycles. The molecule has 0 radical (unpaired) electrons. The summed E-state index contributed by atoms with van der Waals surface area (Å²) in [4.78, 5) is 39.1. The molecule has 20 heavy (non-hydrogen) atoms. The van der Waals surface area contributed by atoms with Crippen LogP contribution in [0.3, 0.4) is 0 Å². The summed E-state index contributed by atoms with van der Waals surface area (Å²) in [5.74, 6) is -0.128. The van der Waals surface area contributed by atoms with Crippen LogP contribution in [0.1, 0.15) is 31.8 Å². The molecular formula is C14H12NO4P. The predicted octanol–water partition coefficient (Wildman–Crippen LogP) is 1.62. The van der Waals surface area contributed by atoms with Gasteiger partial charge in [-0.1, -0.05) is 48.5 Å². The summed E-state index contributed by atoms with van der Waals surface area (Å²) in [7, 11) is -2.12. The van der Waals surface area contributed by atoms with E-state index < -0.39 is 8.53 Å². The number of hydrogen-bond donors (Lipinski definition) is 3. The Morgan fingerprint density at radius 2 is 0.900 bits per heavy atom. The summed E-state index contributed by atoms with van der Waals surface area (Å²) < 4.78 is 0. The number of hydrogen-bond acceptors (Lipinski definition) is 5. The van der Waals surface area contributed by atoms with Crippen molar-refractivity contribution in [1.29, 1.82) is 0 Å². The first-order valence-corrected chi connectivity index (χ1v) is 7.04. The average molecular weight is 289 g/mol. The van der Waals surface area contributed by atoms with Gasteiger partial charge in [0.1, 0.15) is 0 Å². The molecule has 2 aromatic rings. The van der Waals surface area contributed by atoms with Gasteiger partial charge in [-0.2, -0.15) is 0 Å². The lowest BCUT2D eigenvalue weighted by molar-refractivity contribution is 0.0979. The van der Waals surface area contributed by atoms with Gasteiger partial charge in [-0.3, -0.25) is 15.1 Å². The Kier molecular flexibility index (Phi) is 4.37. The number of carbonyl (C=O) groups excluding carboxylic acids is 2. The van der Waals surface area contributed by atoms with E-state index in [1.165, 1.54) is 0 Å². The minimum atomic E-state index is -2.12. The predicted molar refractivity (Wildman–Crippen MR) is 75.3 cm³/mol. The van der Waals surface area contributed by atoms with E-state index in [4.69, 9.17) is 9.79 Å². The van der Waals surface area contributed by atoms with Crippen LogP contribution >= 0.6 is 8.53 Å². The highest BCUT2D eigenvalue weighted by Crippen LogP contribution is 2.26. The second-order valence-corrected chi connectivity index (χ2v) is 4.71. The van der Waals surface area contributed by atoms with E-state index >= 15 is 0 Å². The smallest absolute Gasteiger partial charge is 0.247 e. The van der Waals surface area contributed by atoms with E-state index in [0.29, 0.717) is 22.3 Å². The van der Waals surface area contributed by atoms with Crippen LogP contribution in [0.2, 0.25) is 0 Å². The molecule has 0 fully saturated rings. The van der Waals surface area contributed by atoms with Crippen LogP contribution < -0.4 is 5.50 Å². The van der Waals surface area contributed by atoms with Crippen molar-refractivity contribution in [3.63, 3.8) is 0 Å². The van der Waals surface area contributed by atoms with Crippen molar-refractivity contribution in [2.75, 3.05) is 0 Å². The van der Waals surface area contributed by atoms with Gasteiger partial charge in [0, 0.05) is 22.3 Å². The van der Waals surface area contributed by atoms with Crippen LogP contribution in [-0.4, -0.2) is 21.4 Å². The molecule has 5 nitrogen and oxygen atoms in total. The Labute approximate surface area is 116 Å². The third kappa shape index (κ3) is 2.81. The normalized spacial score (nSPS) is 12.4. The highest BCUT2D eigenvalue weighted by molar-refractivity contribution is 7.42. The fourth-order valence-corrected chi connectivity index (χ4v) is 2.05. The highest BCUT2D eigenvalue weighted by atomic mass is 31.2. The molecule has 0 bridgehead atoms.